The number of imidazole rings is 1. The van der Waals surface area contributed by atoms with Gasteiger partial charge in [-0.2, -0.15) is 5.26 Å². The third-order valence-corrected chi connectivity index (χ3v) is 6.95. The zero-order valence-corrected chi connectivity index (χ0v) is 20.2. The number of carbonyl (C=O) groups is 1. The van der Waals surface area contributed by atoms with Crippen molar-refractivity contribution in [3.8, 4) is 11.8 Å². The van der Waals surface area contributed by atoms with Gasteiger partial charge in [0.25, 0.3) is 0 Å². The lowest BCUT2D eigenvalue weighted by Gasteiger charge is -2.28. The maximum absolute atomic E-state index is 12.1. The van der Waals surface area contributed by atoms with E-state index >= 15 is 0 Å². The van der Waals surface area contributed by atoms with Crippen molar-refractivity contribution in [1.29, 1.82) is 5.26 Å². The predicted molar refractivity (Wildman–Crippen MR) is 136 cm³/mol. The van der Waals surface area contributed by atoms with Crippen molar-refractivity contribution >= 4 is 17.0 Å². The predicted octanol–water partition coefficient (Wildman–Crippen LogP) is 5.60. The summed E-state index contributed by atoms with van der Waals surface area (Å²) in [6.45, 7) is 2.88. The Hall–Kier alpha value is -4.18. The molecule has 1 fully saturated rings. The smallest absolute Gasteiger partial charge is 0.307 e. The summed E-state index contributed by atoms with van der Waals surface area (Å²) in [6.07, 6.45) is 5.21. The number of carboxylic acid groups (broad SMARTS) is 1. The van der Waals surface area contributed by atoms with Crippen LogP contribution >= 0.6 is 0 Å². The molecule has 36 heavy (non-hydrogen) atoms. The number of rotatable bonds is 7. The first-order chi connectivity index (χ1) is 17.5. The van der Waals surface area contributed by atoms with Crippen LogP contribution in [0.5, 0.6) is 5.75 Å². The van der Waals surface area contributed by atoms with Gasteiger partial charge >= 0.3 is 5.97 Å². The molecule has 0 spiro atoms. The van der Waals surface area contributed by atoms with Crippen LogP contribution in [0, 0.1) is 24.2 Å². The van der Waals surface area contributed by atoms with Gasteiger partial charge in [-0.25, -0.2) is 4.98 Å². The van der Waals surface area contributed by atoms with Crippen LogP contribution in [-0.4, -0.2) is 25.6 Å². The highest BCUT2D eigenvalue weighted by Gasteiger charge is 2.35. The van der Waals surface area contributed by atoms with E-state index in [2.05, 4.69) is 15.6 Å². The molecule has 1 aliphatic carbocycles. The van der Waals surface area contributed by atoms with Crippen molar-refractivity contribution in [2.24, 2.45) is 5.92 Å². The molecule has 0 saturated heterocycles. The van der Waals surface area contributed by atoms with Crippen LogP contribution in [0.3, 0.4) is 0 Å². The number of nitriles is 1. The number of fused-ring (bicyclic) bond motifs is 1. The molecule has 2 heterocycles. The molecule has 182 valence electrons. The molecule has 1 N–H and O–H groups in total. The van der Waals surface area contributed by atoms with Crippen molar-refractivity contribution in [2.45, 2.75) is 51.7 Å². The Morgan fingerprint density at radius 1 is 1.14 bits per heavy atom. The zero-order chi connectivity index (χ0) is 25.1. The number of pyridine rings is 1. The van der Waals surface area contributed by atoms with Crippen molar-refractivity contribution in [3.63, 3.8) is 0 Å². The van der Waals surface area contributed by atoms with Gasteiger partial charge in [0.15, 0.2) is 0 Å². The molecule has 0 aliphatic heterocycles. The van der Waals surface area contributed by atoms with Gasteiger partial charge in [0.2, 0.25) is 0 Å². The lowest BCUT2D eigenvalue weighted by atomic mass is 9.78. The van der Waals surface area contributed by atoms with E-state index in [0.29, 0.717) is 30.9 Å². The van der Waals surface area contributed by atoms with Gasteiger partial charge in [-0.1, -0.05) is 31.0 Å². The standard InChI is InChI=1S/C29H28N4O3/c1-19-6-11-22(31-16-19)18-36-23-12-13-26-27(14-23)33(17-21-9-7-20(15-30)8-10-21)28(32-26)24-4-2-3-5-25(24)29(34)35/h6-14,16,24-25H,2-5,17-18H2,1H3,(H,34,35)/t24-,25?/m0/s1. The molecular weight excluding hydrogens is 452 g/mol. The van der Waals surface area contributed by atoms with E-state index in [9.17, 15) is 9.90 Å². The first-order valence-corrected chi connectivity index (χ1v) is 12.3. The average Bonchev–Trinajstić information content (AvgIpc) is 3.26. The summed E-state index contributed by atoms with van der Waals surface area (Å²) in [5.74, 6) is 0.155. The molecule has 0 radical (unpaired) electrons. The second-order valence-electron chi connectivity index (χ2n) is 9.47. The maximum Gasteiger partial charge on any atom is 0.307 e. The van der Waals surface area contributed by atoms with E-state index in [4.69, 9.17) is 15.0 Å². The highest BCUT2D eigenvalue weighted by molar-refractivity contribution is 5.79. The number of benzene rings is 2. The largest absolute Gasteiger partial charge is 0.487 e. The molecule has 1 unspecified atom stereocenters. The first-order valence-electron chi connectivity index (χ1n) is 12.3. The van der Waals surface area contributed by atoms with Crippen LogP contribution < -0.4 is 4.74 Å². The topological polar surface area (TPSA) is 101 Å². The van der Waals surface area contributed by atoms with Gasteiger partial charge in [0, 0.05) is 24.7 Å². The fourth-order valence-electron chi connectivity index (χ4n) is 5.00. The Balaban J connectivity index is 1.52. The molecule has 1 aliphatic rings. The number of carboxylic acids is 1. The Bertz CT molecular complexity index is 1420. The zero-order valence-electron chi connectivity index (χ0n) is 20.2. The monoisotopic (exact) mass is 480 g/mol. The quantitative estimate of drug-likeness (QED) is 0.370. The van der Waals surface area contributed by atoms with Crippen LogP contribution in [0.25, 0.3) is 11.0 Å². The molecule has 2 atom stereocenters. The summed E-state index contributed by atoms with van der Waals surface area (Å²) in [4.78, 5) is 21.5. The minimum Gasteiger partial charge on any atom is -0.487 e. The summed E-state index contributed by atoms with van der Waals surface area (Å²) in [5, 5.41) is 19.1. The Morgan fingerprint density at radius 3 is 2.67 bits per heavy atom. The van der Waals surface area contributed by atoms with Gasteiger partial charge in [0.05, 0.1) is 34.3 Å². The Morgan fingerprint density at radius 2 is 1.94 bits per heavy atom. The number of hydrogen-bond donors (Lipinski definition) is 1. The SMILES string of the molecule is Cc1ccc(COc2ccc3nc([C@H]4CCCCC4C(=O)O)n(Cc4ccc(C#N)cc4)c3c2)nc1. The third kappa shape index (κ3) is 4.94. The van der Waals surface area contributed by atoms with Gasteiger partial charge in [-0.15, -0.1) is 0 Å². The molecule has 1 saturated carbocycles. The van der Waals surface area contributed by atoms with Crippen LogP contribution in [0.1, 0.15) is 59.8 Å². The molecule has 2 aromatic carbocycles. The van der Waals surface area contributed by atoms with Gasteiger partial charge in [-0.05, 0) is 61.2 Å². The molecule has 2 aromatic heterocycles. The van der Waals surface area contributed by atoms with Crippen molar-refractivity contribution < 1.29 is 14.6 Å². The Labute approximate surface area is 210 Å². The number of aliphatic carboxylic acids is 1. The van der Waals surface area contributed by atoms with E-state index in [-0.39, 0.29) is 5.92 Å². The van der Waals surface area contributed by atoms with Crippen LogP contribution in [0.4, 0.5) is 0 Å². The summed E-state index contributed by atoms with van der Waals surface area (Å²) in [7, 11) is 0. The van der Waals surface area contributed by atoms with Crippen molar-refractivity contribution in [1.82, 2.24) is 14.5 Å². The number of aromatic nitrogens is 3. The average molecular weight is 481 g/mol. The molecule has 5 rings (SSSR count). The number of ether oxygens (including phenoxy) is 1. The van der Waals surface area contributed by atoms with Crippen molar-refractivity contribution in [2.75, 3.05) is 0 Å². The highest BCUT2D eigenvalue weighted by Crippen LogP contribution is 2.39. The number of aryl methyl sites for hydroxylation is 1. The van der Waals surface area contributed by atoms with E-state index in [0.717, 1.165) is 52.9 Å². The maximum atomic E-state index is 12.1. The lowest BCUT2D eigenvalue weighted by Crippen LogP contribution is -2.27. The van der Waals surface area contributed by atoms with Gasteiger partial charge in [-0.3, -0.25) is 9.78 Å². The minimum absolute atomic E-state index is 0.150. The molecule has 0 bridgehead atoms. The first kappa shape index (κ1) is 23.6. The summed E-state index contributed by atoms with van der Waals surface area (Å²) in [5.41, 5.74) is 5.29. The van der Waals surface area contributed by atoms with Crippen LogP contribution in [0.2, 0.25) is 0 Å². The highest BCUT2D eigenvalue weighted by atomic mass is 16.5. The molecular formula is C29H28N4O3. The van der Waals surface area contributed by atoms with Crippen LogP contribution in [-0.2, 0) is 17.9 Å². The number of nitrogens with zero attached hydrogens (tertiary/aromatic N) is 4. The van der Waals surface area contributed by atoms with E-state index in [1.165, 1.54) is 0 Å². The second-order valence-corrected chi connectivity index (χ2v) is 9.47. The molecule has 4 aromatic rings. The Kier molecular flexibility index (Phi) is 6.68. The van der Waals surface area contributed by atoms with Crippen molar-refractivity contribution in [3.05, 3.63) is 89.0 Å². The van der Waals surface area contributed by atoms with E-state index in [1.807, 2.05) is 55.6 Å². The summed E-state index contributed by atoms with van der Waals surface area (Å²) < 4.78 is 8.18. The molecule has 7 heteroatoms. The summed E-state index contributed by atoms with van der Waals surface area (Å²) in [6, 6.07) is 19.4. The second kappa shape index (κ2) is 10.2. The molecule has 0 amide bonds. The van der Waals surface area contributed by atoms with Gasteiger partial charge in [0.1, 0.15) is 18.2 Å². The lowest BCUT2D eigenvalue weighted by molar-refractivity contribution is -0.143. The third-order valence-electron chi connectivity index (χ3n) is 6.95. The van der Waals surface area contributed by atoms with E-state index in [1.54, 1.807) is 12.1 Å². The van der Waals surface area contributed by atoms with Crippen LogP contribution in [0.15, 0.2) is 60.8 Å². The fraction of sp³-hybridized carbons (Fsp3) is 0.310. The van der Waals surface area contributed by atoms with Gasteiger partial charge < -0.3 is 14.4 Å². The summed E-state index contributed by atoms with van der Waals surface area (Å²) >= 11 is 0. The molecule has 7 nitrogen and oxygen atoms in total. The minimum atomic E-state index is -0.758. The fourth-order valence-corrected chi connectivity index (χ4v) is 5.00. The van der Waals surface area contributed by atoms with E-state index < -0.39 is 11.9 Å². The number of hydrogen-bond acceptors (Lipinski definition) is 5. The normalized spacial score (nSPS) is 17.6.